The molecule has 3 rings (SSSR count). The second-order valence-electron chi connectivity index (χ2n) is 5.21. The van der Waals surface area contributed by atoms with Crippen LogP contribution in [0.1, 0.15) is 19.4 Å². The Bertz CT molecular complexity index is 685. The van der Waals surface area contributed by atoms with Gasteiger partial charge in [-0.2, -0.15) is 0 Å². The molecule has 2 heterocycles. The molecule has 0 atom stereocenters. The van der Waals surface area contributed by atoms with E-state index in [1.807, 2.05) is 32.0 Å². The Labute approximate surface area is 105 Å². The fourth-order valence-corrected chi connectivity index (χ4v) is 2.43. The van der Waals surface area contributed by atoms with Crippen molar-refractivity contribution in [1.82, 2.24) is 4.98 Å². The summed E-state index contributed by atoms with van der Waals surface area (Å²) in [5, 5.41) is 0.898. The van der Waals surface area contributed by atoms with E-state index >= 15 is 0 Å². The number of rotatable bonds is 1. The molecule has 18 heavy (non-hydrogen) atoms. The first-order chi connectivity index (χ1) is 8.50. The van der Waals surface area contributed by atoms with Gasteiger partial charge in [0.05, 0.1) is 18.2 Å². The van der Waals surface area contributed by atoms with Crippen LogP contribution < -0.4 is 15.0 Å². The SMILES string of the molecule is COc1ccc2[nH]c(=O)c3c(c2c1)OC(C)(C)C3. The second-order valence-corrected chi connectivity index (χ2v) is 5.21. The Morgan fingerprint density at radius 3 is 2.89 bits per heavy atom. The number of aromatic nitrogens is 1. The van der Waals surface area contributed by atoms with Crippen LogP contribution in [-0.2, 0) is 6.42 Å². The van der Waals surface area contributed by atoms with Crippen LogP contribution in [-0.4, -0.2) is 17.7 Å². The summed E-state index contributed by atoms with van der Waals surface area (Å²) in [6, 6.07) is 5.56. The Morgan fingerprint density at radius 2 is 2.17 bits per heavy atom. The number of methoxy groups -OCH3 is 1. The van der Waals surface area contributed by atoms with E-state index in [4.69, 9.17) is 9.47 Å². The molecule has 94 valence electrons. The first kappa shape index (κ1) is 11.1. The van der Waals surface area contributed by atoms with E-state index in [1.165, 1.54) is 0 Å². The van der Waals surface area contributed by atoms with Gasteiger partial charge in [-0.1, -0.05) is 0 Å². The molecular weight excluding hydrogens is 230 g/mol. The fraction of sp³-hybridized carbons (Fsp3) is 0.357. The van der Waals surface area contributed by atoms with Gasteiger partial charge >= 0.3 is 0 Å². The molecule has 1 aliphatic rings. The maximum Gasteiger partial charge on any atom is 0.255 e. The van der Waals surface area contributed by atoms with Gasteiger partial charge in [-0.15, -0.1) is 0 Å². The van der Waals surface area contributed by atoms with Crippen molar-refractivity contribution in [3.63, 3.8) is 0 Å². The average Bonchev–Trinajstić information content (AvgIpc) is 2.65. The van der Waals surface area contributed by atoms with Crippen LogP contribution in [0.15, 0.2) is 23.0 Å². The van der Waals surface area contributed by atoms with Crippen LogP contribution in [0.25, 0.3) is 10.9 Å². The molecule has 4 heteroatoms. The second kappa shape index (κ2) is 3.51. The zero-order valence-electron chi connectivity index (χ0n) is 10.7. The Morgan fingerprint density at radius 1 is 1.39 bits per heavy atom. The van der Waals surface area contributed by atoms with Gasteiger partial charge in [0.2, 0.25) is 0 Å². The molecule has 0 saturated heterocycles. The molecule has 4 nitrogen and oxygen atoms in total. The summed E-state index contributed by atoms with van der Waals surface area (Å²) >= 11 is 0. The van der Waals surface area contributed by atoms with Crippen LogP contribution in [0.4, 0.5) is 0 Å². The number of hydrogen-bond acceptors (Lipinski definition) is 3. The van der Waals surface area contributed by atoms with Gasteiger partial charge in [0.15, 0.2) is 0 Å². The van der Waals surface area contributed by atoms with E-state index in [1.54, 1.807) is 7.11 Å². The fourth-order valence-electron chi connectivity index (χ4n) is 2.43. The first-order valence-corrected chi connectivity index (χ1v) is 5.92. The van der Waals surface area contributed by atoms with Gasteiger partial charge in [-0.05, 0) is 32.0 Å². The van der Waals surface area contributed by atoms with Crippen molar-refractivity contribution in [2.24, 2.45) is 0 Å². The van der Waals surface area contributed by atoms with Crippen molar-refractivity contribution >= 4 is 10.9 Å². The lowest BCUT2D eigenvalue weighted by Gasteiger charge is -2.17. The number of fused-ring (bicyclic) bond motifs is 3. The molecule has 0 saturated carbocycles. The maximum atomic E-state index is 12.0. The Hall–Kier alpha value is -1.97. The van der Waals surface area contributed by atoms with Gasteiger partial charge in [-0.25, -0.2) is 0 Å². The van der Waals surface area contributed by atoms with Gasteiger partial charge in [0.1, 0.15) is 17.1 Å². The molecule has 1 N–H and O–H groups in total. The summed E-state index contributed by atoms with van der Waals surface area (Å²) in [5.74, 6) is 1.45. The number of ether oxygens (including phenoxy) is 2. The molecule has 1 aromatic heterocycles. The van der Waals surface area contributed by atoms with E-state index in [0.717, 1.165) is 22.2 Å². The molecule has 1 aliphatic heterocycles. The standard InChI is InChI=1S/C14H15NO3/c1-14(2)7-10-12(18-14)9-6-8(17-3)4-5-11(9)15-13(10)16/h4-6H,7H2,1-3H3,(H,15,16). The lowest BCUT2D eigenvalue weighted by Crippen LogP contribution is -2.25. The van der Waals surface area contributed by atoms with Gasteiger partial charge < -0.3 is 14.5 Å². The van der Waals surface area contributed by atoms with Crippen molar-refractivity contribution in [2.75, 3.05) is 7.11 Å². The molecule has 0 radical (unpaired) electrons. The van der Waals surface area contributed by atoms with Gasteiger partial charge in [0, 0.05) is 11.8 Å². The molecule has 2 aromatic rings. The molecule has 0 unspecified atom stereocenters. The van der Waals surface area contributed by atoms with E-state index < -0.39 is 0 Å². The summed E-state index contributed by atoms with van der Waals surface area (Å²) in [6.45, 7) is 3.97. The number of hydrogen-bond donors (Lipinski definition) is 1. The lowest BCUT2D eigenvalue weighted by atomic mass is 10.0. The van der Waals surface area contributed by atoms with Crippen LogP contribution in [0.5, 0.6) is 11.5 Å². The normalized spacial score (nSPS) is 16.4. The lowest BCUT2D eigenvalue weighted by molar-refractivity contribution is 0.140. The predicted molar refractivity (Wildman–Crippen MR) is 69.5 cm³/mol. The number of pyridine rings is 1. The van der Waals surface area contributed by atoms with E-state index in [0.29, 0.717) is 12.2 Å². The van der Waals surface area contributed by atoms with Gasteiger partial charge in [-0.3, -0.25) is 4.79 Å². The summed E-state index contributed by atoms with van der Waals surface area (Å²) in [5.41, 5.74) is 1.11. The highest BCUT2D eigenvalue weighted by molar-refractivity contribution is 5.88. The predicted octanol–water partition coefficient (Wildman–Crippen LogP) is 2.25. The molecule has 0 amide bonds. The quantitative estimate of drug-likeness (QED) is 0.838. The van der Waals surface area contributed by atoms with E-state index in [2.05, 4.69) is 4.98 Å². The summed E-state index contributed by atoms with van der Waals surface area (Å²) in [7, 11) is 1.62. The average molecular weight is 245 g/mol. The summed E-state index contributed by atoms with van der Waals surface area (Å²) < 4.78 is 11.1. The zero-order chi connectivity index (χ0) is 12.9. The van der Waals surface area contributed by atoms with Crippen molar-refractivity contribution in [2.45, 2.75) is 25.9 Å². The molecule has 0 bridgehead atoms. The zero-order valence-corrected chi connectivity index (χ0v) is 10.7. The smallest absolute Gasteiger partial charge is 0.255 e. The Balaban J connectivity index is 2.34. The minimum absolute atomic E-state index is 0.0618. The molecular formula is C14H15NO3. The topological polar surface area (TPSA) is 51.3 Å². The molecule has 1 aromatic carbocycles. The number of H-pyrrole nitrogens is 1. The highest BCUT2D eigenvalue weighted by atomic mass is 16.5. The number of benzene rings is 1. The van der Waals surface area contributed by atoms with Crippen LogP contribution in [0.2, 0.25) is 0 Å². The minimum Gasteiger partial charge on any atom is -0.497 e. The minimum atomic E-state index is -0.327. The van der Waals surface area contributed by atoms with Crippen molar-refractivity contribution in [3.8, 4) is 11.5 Å². The van der Waals surface area contributed by atoms with Crippen LogP contribution in [0, 0.1) is 0 Å². The summed E-state index contributed by atoms with van der Waals surface area (Å²) in [6.07, 6.45) is 0.630. The van der Waals surface area contributed by atoms with Crippen molar-refractivity contribution in [3.05, 3.63) is 34.1 Å². The highest BCUT2D eigenvalue weighted by Crippen LogP contribution is 2.38. The third-order valence-electron chi connectivity index (χ3n) is 3.25. The highest BCUT2D eigenvalue weighted by Gasteiger charge is 2.33. The first-order valence-electron chi connectivity index (χ1n) is 5.92. The molecule has 0 fully saturated rings. The molecule has 0 aliphatic carbocycles. The third-order valence-corrected chi connectivity index (χ3v) is 3.25. The molecule has 0 spiro atoms. The van der Waals surface area contributed by atoms with Crippen LogP contribution >= 0.6 is 0 Å². The van der Waals surface area contributed by atoms with Gasteiger partial charge in [0.25, 0.3) is 5.56 Å². The van der Waals surface area contributed by atoms with Crippen molar-refractivity contribution < 1.29 is 9.47 Å². The number of nitrogens with one attached hydrogen (secondary N) is 1. The monoisotopic (exact) mass is 245 g/mol. The summed E-state index contributed by atoms with van der Waals surface area (Å²) in [4.78, 5) is 14.9. The van der Waals surface area contributed by atoms with Crippen molar-refractivity contribution in [1.29, 1.82) is 0 Å². The van der Waals surface area contributed by atoms with Crippen LogP contribution in [0.3, 0.4) is 0 Å². The van der Waals surface area contributed by atoms with E-state index in [9.17, 15) is 4.79 Å². The largest absolute Gasteiger partial charge is 0.497 e. The Kier molecular flexibility index (Phi) is 2.17. The third kappa shape index (κ3) is 1.56. The maximum absolute atomic E-state index is 12.0. The number of aromatic amines is 1. The van der Waals surface area contributed by atoms with E-state index in [-0.39, 0.29) is 11.2 Å².